The summed E-state index contributed by atoms with van der Waals surface area (Å²) < 4.78 is 27.4. The van der Waals surface area contributed by atoms with Gasteiger partial charge in [0, 0.05) is 10.3 Å². The molecule has 6 heteroatoms. The predicted molar refractivity (Wildman–Crippen MR) is 64.3 cm³/mol. The molecular formula is C11H5BrF2O2S. The van der Waals surface area contributed by atoms with Gasteiger partial charge in [-0.15, -0.1) is 11.3 Å². The molecule has 0 aliphatic heterocycles. The van der Waals surface area contributed by atoms with E-state index < -0.39 is 17.6 Å². The van der Waals surface area contributed by atoms with Gasteiger partial charge in [-0.25, -0.2) is 13.6 Å². The van der Waals surface area contributed by atoms with Gasteiger partial charge < -0.3 is 5.11 Å². The molecule has 0 fully saturated rings. The first-order valence-electron chi connectivity index (χ1n) is 4.46. The molecule has 1 heterocycles. The summed E-state index contributed by atoms with van der Waals surface area (Å²) in [5.41, 5.74) is -0.194. The molecule has 0 radical (unpaired) electrons. The average Bonchev–Trinajstić information content (AvgIpc) is 2.73. The molecule has 0 aliphatic carbocycles. The molecule has 88 valence electrons. The number of hydrogen-bond donors (Lipinski definition) is 1. The molecule has 1 aromatic carbocycles. The van der Waals surface area contributed by atoms with Gasteiger partial charge in [0.2, 0.25) is 0 Å². The second kappa shape index (κ2) is 4.54. The fourth-order valence-corrected chi connectivity index (χ4v) is 2.59. The zero-order chi connectivity index (χ0) is 12.6. The first kappa shape index (κ1) is 12.2. The molecule has 0 saturated heterocycles. The maximum absolute atomic E-state index is 13.7. The van der Waals surface area contributed by atoms with E-state index in [0.717, 1.165) is 17.4 Å². The molecular weight excluding hydrogens is 314 g/mol. The van der Waals surface area contributed by atoms with Crippen LogP contribution < -0.4 is 0 Å². The van der Waals surface area contributed by atoms with Crippen molar-refractivity contribution < 1.29 is 18.7 Å². The molecule has 2 nitrogen and oxygen atoms in total. The van der Waals surface area contributed by atoms with Crippen LogP contribution in [0.15, 0.2) is 28.1 Å². The van der Waals surface area contributed by atoms with Crippen molar-refractivity contribution in [2.75, 3.05) is 0 Å². The summed E-state index contributed by atoms with van der Waals surface area (Å²) in [6.07, 6.45) is 0. The predicted octanol–water partition coefficient (Wildman–Crippen LogP) is 4.15. The Kier molecular flexibility index (Phi) is 3.26. The molecule has 17 heavy (non-hydrogen) atoms. The Hall–Kier alpha value is -1.27. The zero-order valence-corrected chi connectivity index (χ0v) is 10.6. The minimum atomic E-state index is -1.12. The first-order chi connectivity index (χ1) is 8.00. The molecule has 1 aromatic heterocycles. The van der Waals surface area contributed by atoms with Crippen molar-refractivity contribution in [3.63, 3.8) is 0 Å². The maximum Gasteiger partial charge on any atom is 0.336 e. The maximum atomic E-state index is 13.7. The van der Waals surface area contributed by atoms with Gasteiger partial charge in [0.15, 0.2) is 0 Å². The van der Waals surface area contributed by atoms with E-state index in [2.05, 4.69) is 15.9 Å². The van der Waals surface area contributed by atoms with Gasteiger partial charge in [-0.1, -0.05) is 0 Å². The van der Waals surface area contributed by atoms with E-state index in [-0.39, 0.29) is 20.5 Å². The van der Waals surface area contributed by atoms with Crippen LogP contribution in [0, 0.1) is 11.6 Å². The number of benzene rings is 1. The number of carboxylic acids is 1. The minimum absolute atomic E-state index is 0.0174. The van der Waals surface area contributed by atoms with Crippen LogP contribution in [0.5, 0.6) is 0 Å². The highest BCUT2D eigenvalue weighted by Crippen LogP contribution is 2.34. The zero-order valence-electron chi connectivity index (χ0n) is 8.21. The normalized spacial score (nSPS) is 10.5. The molecule has 0 spiro atoms. The van der Waals surface area contributed by atoms with E-state index in [9.17, 15) is 13.6 Å². The topological polar surface area (TPSA) is 37.3 Å². The lowest BCUT2D eigenvalue weighted by molar-refractivity contribution is 0.0697. The number of aromatic carboxylic acids is 1. The minimum Gasteiger partial charge on any atom is -0.478 e. The van der Waals surface area contributed by atoms with Gasteiger partial charge in [0.1, 0.15) is 11.6 Å². The highest BCUT2D eigenvalue weighted by atomic mass is 79.9. The standard InChI is InChI=1S/C11H5BrF2O2S/c12-6-1-2-7(13)9(10(6)14)8-3-5(4-17-8)11(15)16/h1-4H,(H,15,16). The Balaban J connectivity index is 2.60. The number of halogens is 3. The van der Waals surface area contributed by atoms with E-state index >= 15 is 0 Å². The average molecular weight is 319 g/mol. The van der Waals surface area contributed by atoms with Gasteiger partial charge in [0.05, 0.1) is 15.6 Å². The fourth-order valence-electron chi connectivity index (χ4n) is 1.33. The number of carboxylic acid groups (broad SMARTS) is 1. The summed E-state index contributed by atoms with van der Waals surface area (Å²) in [6.45, 7) is 0. The van der Waals surface area contributed by atoms with Crippen LogP contribution >= 0.6 is 27.3 Å². The number of carbonyl (C=O) groups is 1. The lowest BCUT2D eigenvalue weighted by Crippen LogP contribution is -1.92. The number of hydrogen-bond acceptors (Lipinski definition) is 2. The van der Waals surface area contributed by atoms with Crippen LogP contribution in [0.4, 0.5) is 8.78 Å². The molecule has 0 saturated carbocycles. The SMILES string of the molecule is O=C(O)c1csc(-c2c(F)ccc(Br)c2F)c1. The molecule has 0 unspecified atom stereocenters. The largest absolute Gasteiger partial charge is 0.478 e. The van der Waals surface area contributed by atoms with Crippen molar-refractivity contribution in [1.82, 2.24) is 0 Å². The van der Waals surface area contributed by atoms with Crippen molar-refractivity contribution in [3.05, 3.63) is 45.2 Å². The van der Waals surface area contributed by atoms with Gasteiger partial charge in [-0.3, -0.25) is 0 Å². The summed E-state index contributed by atoms with van der Waals surface area (Å²) in [6, 6.07) is 3.64. The third kappa shape index (κ3) is 2.23. The van der Waals surface area contributed by atoms with Crippen molar-refractivity contribution in [3.8, 4) is 10.4 Å². The number of rotatable bonds is 2. The third-order valence-electron chi connectivity index (χ3n) is 2.14. The Labute approximate surface area is 108 Å². The fraction of sp³-hybridized carbons (Fsp3) is 0. The van der Waals surface area contributed by atoms with Crippen molar-refractivity contribution >= 4 is 33.2 Å². The van der Waals surface area contributed by atoms with E-state index in [1.165, 1.54) is 17.5 Å². The second-order valence-electron chi connectivity index (χ2n) is 3.22. The van der Waals surface area contributed by atoms with Gasteiger partial charge in [-0.05, 0) is 34.1 Å². The molecule has 0 bridgehead atoms. The summed E-state index contributed by atoms with van der Waals surface area (Å²) >= 11 is 3.95. The summed E-state index contributed by atoms with van der Waals surface area (Å²) in [4.78, 5) is 10.9. The first-order valence-corrected chi connectivity index (χ1v) is 6.13. The Morgan fingerprint density at radius 1 is 1.35 bits per heavy atom. The highest BCUT2D eigenvalue weighted by molar-refractivity contribution is 9.10. The van der Waals surface area contributed by atoms with Crippen molar-refractivity contribution in [2.45, 2.75) is 0 Å². The van der Waals surface area contributed by atoms with E-state index in [1.807, 2.05) is 0 Å². The van der Waals surface area contributed by atoms with Crippen LogP contribution in [-0.2, 0) is 0 Å². The van der Waals surface area contributed by atoms with Crippen LogP contribution in [-0.4, -0.2) is 11.1 Å². The Bertz CT molecular complexity index is 595. The molecule has 0 amide bonds. The van der Waals surface area contributed by atoms with Gasteiger partial charge in [-0.2, -0.15) is 0 Å². The van der Waals surface area contributed by atoms with Gasteiger partial charge in [0.25, 0.3) is 0 Å². The summed E-state index contributed by atoms with van der Waals surface area (Å²) in [7, 11) is 0. The van der Waals surface area contributed by atoms with E-state index in [4.69, 9.17) is 5.11 Å². The molecule has 1 N–H and O–H groups in total. The molecule has 0 aliphatic rings. The third-order valence-corrected chi connectivity index (χ3v) is 3.70. The van der Waals surface area contributed by atoms with Crippen LogP contribution in [0.2, 0.25) is 0 Å². The Morgan fingerprint density at radius 2 is 2.06 bits per heavy atom. The molecule has 2 rings (SSSR count). The van der Waals surface area contributed by atoms with Crippen LogP contribution in [0.3, 0.4) is 0 Å². The highest BCUT2D eigenvalue weighted by Gasteiger charge is 2.17. The summed E-state index contributed by atoms with van der Waals surface area (Å²) in [5, 5.41) is 10.1. The second-order valence-corrected chi connectivity index (χ2v) is 4.99. The van der Waals surface area contributed by atoms with Crippen LogP contribution in [0.1, 0.15) is 10.4 Å². The van der Waals surface area contributed by atoms with Gasteiger partial charge >= 0.3 is 5.97 Å². The van der Waals surface area contributed by atoms with E-state index in [0.29, 0.717) is 0 Å². The molecule has 0 atom stereocenters. The monoisotopic (exact) mass is 318 g/mol. The smallest absolute Gasteiger partial charge is 0.336 e. The van der Waals surface area contributed by atoms with E-state index in [1.54, 1.807) is 0 Å². The molecule has 2 aromatic rings. The van der Waals surface area contributed by atoms with Crippen molar-refractivity contribution in [2.24, 2.45) is 0 Å². The Morgan fingerprint density at radius 3 is 2.65 bits per heavy atom. The lowest BCUT2D eigenvalue weighted by atomic mass is 10.1. The van der Waals surface area contributed by atoms with Crippen LogP contribution in [0.25, 0.3) is 10.4 Å². The summed E-state index contributed by atoms with van der Waals surface area (Å²) in [5.74, 6) is -2.57. The number of thiophene rings is 1. The van der Waals surface area contributed by atoms with Crippen molar-refractivity contribution in [1.29, 1.82) is 0 Å². The quantitative estimate of drug-likeness (QED) is 0.844. The lowest BCUT2D eigenvalue weighted by Gasteiger charge is -2.03.